The molecule has 0 amide bonds. The molecule has 0 heterocycles. The monoisotopic (exact) mass is 641 g/mol. The minimum atomic E-state index is 0. The molecular weight excluding hydrogens is 574 g/mol. The topological polar surface area (TPSA) is 12.0 Å². The summed E-state index contributed by atoms with van der Waals surface area (Å²) in [5.41, 5.74) is 0. The third kappa shape index (κ3) is 31.1. The molecule has 0 aromatic heterocycles. The molecule has 0 saturated heterocycles. The highest BCUT2D eigenvalue weighted by molar-refractivity contribution is 4.50. The van der Waals surface area contributed by atoms with Crippen LogP contribution in [0.4, 0.5) is 0 Å². The van der Waals surface area contributed by atoms with Crippen molar-refractivity contribution in [3.63, 3.8) is 0 Å². The van der Waals surface area contributed by atoms with E-state index in [1.165, 1.54) is 159 Å². The Bertz CT molecular complexity index is 379. The molecule has 0 atom stereocenters. The lowest BCUT2D eigenvalue weighted by Crippen LogP contribution is -3.00. The molecule has 5 heteroatoms. The van der Waals surface area contributed by atoms with Gasteiger partial charge >= 0.3 is 0 Å². The maximum Gasteiger partial charge on any atom is 0.132 e. The van der Waals surface area contributed by atoms with Gasteiger partial charge in [0.15, 0.2) is 0 Å². The number of nitrogens with one attached hydrogen (secondary N) is 1. The van der Waals surface area contributed by atoms with E-state index in [4.69, 9.17) is 0 Å². The van der Waals surface area contributed by atoms with Crippen molar-refractivity contribution >= 4 is 0 Å². The van der Waals surface area contributed by atoms with Crippen LogP contribution in [-0.2, 0) is 0 Å². The summed E-state index contributed by atoms with van der Waals surface area (Å²) >= 11 is 0. The van der Waals surface area contributed by atoms with E-state index in [1.54, 1.807) is 0 Å². The smallest absolute Gasteiger partial charge is 0.132 e. The van der Waals surface area contributed by atoms with E-state index in [1.807, 2.05) is 0 Å². The number of quaternary nitrogens is 2. The van der Waals surface area contributed by atoms with Crippen molar-refractivity contribution in [2.45, 2.75) is 142 Å². The van der Waals surface area contributed by atoms with Crippen LogP contribution < -0.4 is 39.3 Å². The SMILES string of the molecule is CCCCCCCCCCC[N+](C)(C)CCCCNC[N+](C)(C)CCCCCCCCCCC.[Br-].[Br-]. The lowest BCUT2D eigenvalue weighted by molar-refractivity contribution is -0.893. The zero-order chi connectivity index (χ0) is 25.4. The molecule has 3 nitrogen and oxygen atoms in total. The second kappa shape index (κ2) is 28.8. The van der Waals surface area contributed by atoms with Crippen molar-refractivity contribution in [1.82, 2.24) is 5.32 Å². The van der Waals surface area contributed by atoms with Crippen molar-refractivity contribution in [3.8, 4) is 0 Å². The summed E-state index contributed by atoms with van der Waals surface area (Å²) in [5, 5.41) is 3.74. The molecule has 0 aromatic rings. The van der Waals surface area contributed by atoms with Gasteiger partial charge in [0.1, 0.15) is 6.67 Å². The minimum Gasteiger partial charge on any atom is -1.00 e. The Morgan fingerprint density at radius 3 is 1.08 bits per heavy atom. The number of hydrogen-bond donors (Lipinski definition) is 1. The van der Waals surface area contributed by atoms with E-state index in [0.717, 1.165) is 11.2 Å². The number of nitrogens with zero attached hydrogens (tertiary/aromatic N) is 2. The fraction of sp³-hybridized carbons (Fsp3) is 1.00. The van der Waals surface area contributed by atoms with Crippen molar-refractivity contribution < 1.29 is 42.9 Å². The Hall–Kier alpha value is 0.840. The largest absolute Gasteiger partial charge is 1.00 e. The van der Waals surface area contributed by atoms with Gasteiger partial charge in [0.2, 0.25) is 0 Å². The molecule has 0 bridgehead atoms. The first-order chi connectivity index (χ1) is 16.3. The van der Waals surface area contributed by atoms with Crippen LogP contribution in [0.3, 0.4) is 0 Å². The summed E-state index contributed by atoms with van der Waals surface area (Å²) in [6, 6.07) is 0. The Labute approximate surface area is 250 Å². The van der Waals surface area contributed by atoms with Crippen LogP contribution in [0.1, 0.15) is 142 Å². The van der Waals surface area contributed by atoms with Gasteiger partial charge in [0.25, 0.3) is 0 Å². The van der Waals surface area contributed by atoms with E-state index >= 15 is 0 Å². The van der Waals surface area contributed by atoms with E-state index in [2.05, 4.69) is 47.4 Å². The second-order valence-electron chi connectivity index (χ2n) is 12.6. The van der Waals surface area contributed by atoms with Gasteiger partial charge in [0.05, 0.1) is 47.8 Å². The van der Waals surface area contributed by atoms with E-state index < -0.39 is 0 Å². The molecule has 0 radical (unpaired) electrons. The fourth-order valence-corrected chi connectivity index (χ4v) is 5.06. The Morgan fingerprint density at radius 2 is 0.694 bits per heavy atom. The maximum absolute atomic E-state index is 3.74. The summed E-state index contributed by atoms with van der Waals surface area (Å²) in [6.07, 6.45) is 28.4. The standard InChI is InChI=1S/C31H69N3.2BrH/c1-7-9-11-13-15-17-19-21-24-28-33(3,4)29-26-23-27-32-31-34(5,6)30-25-22-20-18-16-14-12-10-8-2;;/h32H,7-31H2,1-6H3;2*1H/q+2;;/p-2. The van der Waals surface area contributed by atoms with Gasteiger partial charge in [0, 0.05) is 6.54 Å². The molecule has 0 rings (SSSR count). The molecule has 0 aliphatic rings. The number of unbranched alkanes of at least 4 members (excludes halogenated alkanes) is 17. The molecule has 0 saturated carbocycles. The van der Waals surface area contributed by atoms with Crippen LogP contribution in [-0.4, -0.2) is 70.0 Å². The summed E-state index contributed by atoms with van der Waals surface area (Å²) in [5.74, 6) is 0. The van der Waals surface area contributed by atoms with Crippen LogP contribution in [0, 0.1) is 0 Å². The zero-order valence-electron chi connectivity index (χ0n) is 25.8. The minimum absolute atomic E-state index is 0. The van der Waals surface area contributed by atoms with Crippen LogP contribution in [0.5, 0.6) is 0 Å². The van der Waals surface area contributed by atoms with Crippen molar-refractivity contribution in [2.24, 2.45) is 0 Å². The summed E-state index contributed by atoms with van der Waals surface area (Å²) < 4.78 is 2.33. The Balaban J connectivity index is -0.00000544. The molecule has 222 valence electrons. The molecular formula is C31H69Br2N3. The maximum atomic E-state index is 3.74. The lowest BCUT2D eigenvalue weighted by Gasteiger charge is -2.31. The van der Waals surface area contributed by atoms with Crippen LogP contribution in [0.25, 0.3) is 0 Å². The highest BCUT2D eigenvalue weighted by atomic mass is 79.9. The molecule has 0 fully saturated rings. The van der Waals surface area contributed by atoms with E-state index in [-0.39, 0.29) is 34.0 Å². The molecule has 0 unspecified atom stereocenters. The molecule has 0 aromatic carbocycles. The highest BCUT2D eigenvalue weighted by Crippen LogP contribution is 2.12. The Kier molecular flexibility index (Phi) is 33.1. The average Bonchev–Trinajstić information content (AvgIpc) is 2.79. The molecule has 1 N–H and O–H groups in total. The summed E-state index contributed by atoms with van der Waals surface area (Å²) in [7, 11) is 9.65. The van der Waals surface area contributed by atoms with Gasteiger partial charge in [-0.2, -0.15) is 0 Å². The first kappa shape index (κ1) is 41.3. The first-order valence-electron chi connectivity index (χ1n) is 15.7. The molecule has 0 aliphatic carbocycles. The fourth-order valence-electron chi connectivity index (χ4n) is 5.06. The van der Waals surface area contributed by atoms with Crippen molar-refractivity contribution in [1.29, 1.82) is 0 Å². The summed E-state index contributed by atoms with van der Waals surface area (Å²) in [4.78, 5) is 0. The van der Waals surface area contributed by atoms with Gasteiger partial charge in [-0.1, -0.05) is 104 Å². The van der Waals surface area contributed by atoms with E-state index in [0.29, 0.717) is 0 Å². The predicted molar refractivity (Wildman–Crippen MR) is 155 cm³/mol. The number of halogens is 2. The average molecular weight is 644 g/mol. The third-order valence-corrected chi connectivity index (χ3v) is 7.64. The Morgan fingerprint density at radius 1 is 0.389 bits per heavy atom. The van der Waals surface area contributed by atoms with Gasteiger partial charge in [-0.3, -0.25) is 5.32 Å². The van der Waals surface area contributed by atoms with Gasteiger partial charge in [-0.05, 0) is 38.5 Å². The van der Waals surface area contributed by atoms with Gasteiger partial charge in [-0.15, -0.1) is 0 Å². The normalized spacial score (nSPS) is 11.8. The molecule has 0 aliphatic heterocycles. The van der Waals surface area contributed by atoms with Gasteiger partial charge in [-0.25, -0.2) is 0 Å². The lowest BCUT2D eigenvalue weighted by atomic mass is 10.1. The van der Waals surface area contributed by atoms with Gasteiger partial charge < -0.3 is 42.9 Å². The van der Waals surface area contributed by atoms with Crippen LogP contribution in [0.2, 0.25) is 0 Å². The highest BCUT2D eigenvalue weighted by Gasteiger charge is 2.15. The van der Waals surface area contributed by atoms with Crippen LogP contribution >= 0.6 is 0 Å². The van der Waals surface area contributed by atoms with Crippen molar-refractivity contribution in [2.75, 3.05) is 61.0 Å². The quantitative estimate of drug-likeness (QED) is 0.0825. The first-order valence-corrected chi connectivity index (χ1v) is 15.7. The van der Waals surface area contributed by atoms with Crippen LogP contribution in [0.15, 0.2) is 0 Å². The summed E-state index contributed by atoms with van der Waals surface area (Å²) in [6.45, 7) is 10.9. The number of hydrogen-bond acceptors (Lipinski definition) is 1. The number of rotatable bonds is 27. The molecule has 36 heavy (non-hydrogen) atoms. The molecule has 0 spiro atoms. The third-order valence-electron chi connectivity index (χ3n) is 7.64. The second-order valence-corrected chi connectivity index (χ2v) is 12.6. The predicted octanol–water partition coefficient (Wildman–Crippen LogP) is 2.54. The van der Waals surface area contributed by atoms with Crippen molar-refractivity contribution in [3.05, 3.63) is 0 Å². The zero-order valence-corrected chi connectivity index (χ0v) is 29.0. The van der Waals surface area contributed by atoms with E-state index in [9.17, 15) is 0 Å².